The van der Waals surface area contributed by atoms with Gasteiger partial charge in [0.1, 0.15) is 0 Å². The van der Waals surface area contributed by atoms with Crippen LogP contribution in [0.4, 0.5) is 0 Å². The Morgan fingerprint density at radius 2 is 2.00 bits per heavy atom. The maximum atomic E-state index is 4.78. The molecule has 1 atom stereocenters. The summed E-state index contributed by atoms with van der Waals surface area (Å²) in [4.78, 5) is 7.33. The van der Waals surface area contributed by atoms with Crippen LogP contribution in [0.3, 0.4) is 0 Å². The summed E-state index contributed by atoms with van der Waals surface area (Å²) in [6.07, 6.45) is 2.66. The highest BCUT2D eigenvalue weighted by atomic mass is 35.5. The van der Waals surface area contributed by atoms with Crippen LogP contribution in [0.2, 0.25) is 0 Å². The predicted octanol–water partition coefficient (Wildman–Crippen LogP) is 3.51. The number of piperidine rings is 1. The normalized spacial score (nSPS) is 18.5. The highest BCUT2D eigenvalue weighted by Gasteiger charge is 2.19. The SMILES string of the molecule is CNCC1CCCN(Cc2ccc3ccccc3n2)C1.Cl.Cl. The van der Waals surface area contributed by atoms with Gasteiger partial charge in [-0.1, -0.05) is 24.3 Å². The first-order chi connectivity index (χ1) is 9.85. The molecule has 22 heavy (non-hydrogen) atoms. The summed E-state index contributed by atoms with van der Waals surface area (Å²) in [5.74, 6) is 0.786. The minimum atomic E-state index is 0. The van der Waals surface area contributed by atoms with Crippen LogP contribution < -0.4 is 5.32 Å². The van der Waals surface area contributed by atoms with Crippen LogP contribution in [-0.4, -0.2) is 36.6 Å². The number of hydrogen-bond acceptors (Lipinski definition) is 3. The smallest absolute Gasteiger partial charge is 0.0705 e. The highest BCUT2D eigenvalue weighted by molar-refractivity contribution is 5.85. The summed E-state index contributed by atoms with van der Waals surface area (Å²) >= 11 is 0. The molecule has 2 aromatic rings. The minimum absolute atomic E-state index is 0. The number of likely N-dealkylation sites (tertiary alicyclic amines) is 1. The lowest BCUT2D eigenvalue weighted by atomic mass is 9.98. The number of nitrogens with one attached hydrogen (secondary N) is 1. The van der Waals surface area contributed by atoms with Crippen LogP contribution in [0.25, 0.3) is 10.9 Å². The van der Waals surface area contributed by atoms with Gasteiger partial charge in [0.05, 0.1) is 11.2 Å². The van der Waals surface area contributed by atoms with E-state index >= 15 is 0 Å². The molecule has 0 amide bonds. The van der Waals surface area contributed by atoms with Gasteiger partial charge in [-0.25, -0.2) is 0 Å². The van der Waals surface area contributed by atoms with E-state index in [1.54, 1.807) is 0 Å². The third-order valence-electron chi connectivity index (χ3n) is 4.14. The second kappa shape index (κ2) is 9.31. The van der Waals surface area contributed by atoms with Gasteiger partial charge in [-0.3, -0.25) is 9.88 Å². The molecule has 1 unspecified atom stereocenters. The number of benzene rings is 1. The highest BCUT2D eigenvalue weighted by Crippen LogP contribution is 2.18. The van der Waals surface area contributed by atoms with E-state index in [1.165, 1.54) is 37.0 Å². The van der Waals surface area contributed by atoms with Crippen LogP contribution in [0, 0.1) is 5.92 Å². The summed E-state index contributed by atoms with van der Waals surface area (Å²) in [6, 6.07) is 12.7. The molecule has 0 radical (unpaired) electrons. The Balaban J connectivity index is 0.00000121. The number of halogens is 2. The van der Waals surface area contributed by atoms with Crippen molar-refractivity contribution in [3.8, 4) is 0 Å². The lowest BCUT2D eigenvalue weighted by molar-refractivity contribution is 0.165. The van der Waals surface area contributed by atoms with Gasteiger partial charge in [0, 0.05) is 18.5 Å². The van der Waals surface area contributed by atoms with E-state index in [4.69, 9.17) is 4.98 Å². The fraction of sp³-hybridized carbons (Fsp3) is 0.471. The molecule has 1 N–H and O–H groups in total. The number of para-hydroxylation sites is 1. The van der Waals surface area contributed by atoms with Crippen LogP contribution in [-0.2, 0) is 6.54 Å². The maximum Gasteiger partial charge on any atom is 0.0705 e. The van der Waals surface area contributed by atoms with E-state index in [0.29, 0.717) is 0 Å². The molecule has 1 saturated heterocycles. The zero-order chi connectivity index (χ0) is 13.8. The molecule has 3 rings (SSSR count). The first-order valence-electron chi connectivity index (χ1n) is 7.57. The second-order valence-corrected chi connectivity index (χ2v) is 5.80. The van der Waals surface area contributed by atoms with Gasteiger partial charge in [-0.2, -0.15) is 0 Å². The Morgan fingerprint density at radius 1 is 1.18 bits per heavy atom. The van der Waals surface area contributed by atoms with Crippen molar-refractivity contribution >= 4 is 35.7 Å². The van der Waals surface area contributed by atoms with Gasteiger partial charge in [0.15, 0.2) is 0 Å². The van der Waals surface area contributed by atoms with Crippen LogP contribution >= 0.6 is 24.8 Å². The molecule has 0 aliphatic carbocycles. The minimum Gasteiger partial charge on any atom is -0.319 e. The predicted molar refractivity (Wildman–Crippen MR) is 98.2 cm³/mol. The standard InChI is InChI=1S/C17H23N3.2ClH/c1-18-11-14-5-4-10-20(12-14)13-16-9-8-15-6-2-3-7-17(15)19-16;;/h2-3,6-9,14,18H,4-5,10-13H2,1H3;2*1H. The van der Waals surface area contributed by atoms with E-state index in [2.05, 4.69) is 46.6 Å². The molecular formula is C17H25Cl2N3. The molecule has 122 valence electrons. The quantitative estimate of drug-likeness (QED) is 0.922. The van der Waals surface area contributed by atoms with Crippen molar-refractivity contribution in [2.45, 2.75) is 19.4 Å². The summed E-state index contributed by atoms with van der Waals surface area (Å²) in [7, 11) is 2.05. The summed E-state index contributed by atoms with van der Waals surface area (Å²) in [6.45, 7) is 4.50. The summed E-state index contributed by atoms with van der Waals surface area (Å²) in [5, 5.41) is 4.53. The van der Waals surface area contributed by atoms with Crippen LogP contribution in [0.1, 0.15) is 18.5 Å². The first-order valence-corrected chi connectivity index (χ1v) is 7.57. The van der Waals surface area contributed by atoms with Gasteiger partial charge < -0.3 is 5.32 Å². The Labute approximate surface area is 145 Å². The van der Waals surface area contributed by atoms with Crippen LogP contribution in [0.5, 0.6) is 0 Å². The van der Waals surface area contributed by atoms with E-state index in [-0.39, 0.29) is 24.8 Å². The number of pyridine rings is 1. The van der Waals surface area contributed by atoms with Crippen molar-refractivity contribution in [1.29, 1.82) is 0 Å². The summed E-state index contributed by atoms with van der Waals surface area (Å²) < 4.78 is 0. The zero-order valence-electron chi connectivity index (χ0n) is 13.0. The average Bonchev–Trinajstić information content (AvgIpc) is 2.48. The molecule has 5 heteroatoms. The average molecular weight is 342 g/mol. The fourth-order valence-electron chi connectivity index (χ4n) is 3.18. The molecule has 1 fully saturated rings. The van der Waals surface area contributed by atoms with Gasteiger partial charge >= 0.3 is 0 Å². The molecule has 2 heterocycles. The lowest BCUT2D eigenvalue weighted by Gasteiger charge is -2.32. The fourth-order valence-corrected chi connectivity index (χ4v) is 3.18. The van der Waals surface area contributed by atoms with Crippen molar-refractivity contribution < 1.29 is 0 Å². The second-order valence-electron chi connectivity index (χ2n) is 5.80. The Bertz CT molecular complexity index is 575. The van der Waals surface area contributed by atoms with E-state index in [0.717, 1.165) is 24.5 Å². The van der Waals surface area contributed by atoms with Crippen molar-refractivity contribution in [2.24, 2.45) is 5.92 Å². The Hall–Kier alpha value is -0.870. The first kappa shape index (κ1) is 19.2. The topological polar surface area (TPSA) is 28.2 Å². The number of aromatic nitrogens is 1. The maximum absolute atomic E-state index is 4.78. The molecule has 0 bridgehead atoms. The number of fused-ring (bicyclic) bond motifs is 1. The van der Waals surface area contributed by atoms with Gasteiger partial charge in [-0.15, -0.1) is 24.8 Å². The summed E-state index contributed by atoms with van der Waals surface area (Å²) in [5.41, 5.74) is 2.29. The number of rotatable bonds is 4. The van der Waals surface area contributed by atoms with Gasteiger partial charge in [0.2, 0.25) is 0 Å². The zero-order valence-corrected chi connectivity index (χ0v) is 14.6. The molecule has 1 aliphatic heterocycles. The third-order valence-corrected chi connectivity index (χ3v) is 4.14. The largest absolute Gasteiger partial charge is 0.319 e. The molecule has 1 aromatic carbocycles. The Morgan fingerprint density at radius 3 is 2.82 bits per heavy atom. The van der Waals surface area contributed by atoms with Gasteiger partial charge in [0.25, 0.3) is 0 Å². The van der Waals surface area contributed by atoms with Crippen LogP contribution in [0.15, 0.2) is 36.4 Å². The molecule has 3 nitrogen and oxygen atoms in total. The van der Waals surface area contributed by atoms with Crippen molar-refractivity contribution in [3.05, 3.63) is 42.1 Å². The Kier molecular flexibility index (Phi) is 8.12. The molecule has 1 aromatic heterocycles. The van der Waals surface area contributed by atoms with Crippen molar-refractivity contribution in [2.75, 3.05) is 26.7 Å². The number of hydrogen-bond donors (Lipinski definition) is 1. The van der Waals surface area contributed by atoms with Crippen molar-refractivity contribution in [1.82, 2.24) is 15.2 Å². The molecular weight excluding hydrogens is 317 g/mol. The molecule has 0 spiro atoms. The lowest BCUT2D eigenvalue weighted by Crippen LogP contribution is -2.38. The van der Waals surface area contributed by atoms with E-state index in [9.17, 15) is 0 Å². The third kappa shape index (κ3) is 4.82. The van der Waals surface area contributed by atoms with Crippen molar-refractivity contribution in [3.63, 3.8) is 0 Å². The van der Waals surface area contributed by atoms with Gasteiger partial charge in [-0.05, 0) is 51.0 Å². The monoisotopic (exact) mass is 341 g/mol. The van der Waals surface area contributed by atoms with E-state index < -0.39 is 0 Å². The van der Waals surface area contributed by atoms with E-state index in [1.807, 2.05) is 7.05 Å². The molecule has 0 saturated carbocycles. The number of nitrogens with zero attached hydrogens (tertiary/aromatic N) is 2. The molecule has 1 aliphatic rings.